The molecule has 9 heteroatoms. The molecule has 226 valence electrons. The van der Waals surface area contributed by atoms with E-state index in [0.717, 1.165) is 43.2 Å². The second kappa shape index (κ2) is 17.6. The van der Waals surface area contributed by atoms with Crippen LogP contribution in [-0.2, 0) is 23.9 Å². The first kappa shape index (κ1) is 34.9. The van der Waals surface area contributed by atoms with Crippen LogP contribution in [0.25, 0.3) is 0 Å². The lowest BCUT2D eigenvalue weighted by Crippen LogP contribution is -2.52. The molecule has 40 heavy (non-hydrogen) atoms. The number of ether oxygens (including phenoxy) is 2. The number of nitrogens with zero attached hydrogens (tertiary/aromatic N) is 1. The SMILES string of the molecule is CCCCCCCCN(C(=O)C(C)NC(=O)OC(C)(C)C)C(C(=O)NCCC(=O)OCC)c1cccc(C)c1C. The number of alkyl carbamates (subject to hydrolysis) is 1. The first-order valence-electron chi connectivity index (χ1n) is 14.6. The smallest absolute Gasteiger partial charge is 0.408 e. The monoisotopic (exact) mass is 561 g/mol. The highest BCUT2D eigenvalue weighted by Gasteiger charge is 2.35. The van der Waals surface area contributed by atoms with Gasteiger partial charge in [-0.1, -0.05) is 57.2 Å². The van der Waals surface area contributed by atoms with Crippen molar-refractivity contribution < 1.29 is 28.7 Å². The summed E-state index contributed by atoms with van der Waals surface area (Å²) < 4.78 is 10.3. The van der Waals surface area contributed by atoms with Crippen molar-refractivity contribution in [3.8, 4) is 0 Å². The maximum atomic E-state index is 13.9. The summed E-state index contributed by atoms with van der Waals surface area (Å²) in [6.07, 6.45) is 5.42. The molecule has 1 aromatic carbocycles. The van der Waals surface area contributed by atoms with Crippen LogP contribution >= 0.6 is 0 Å². The Hall–Kier alpha value is -3.10. The molecular formula is C31H51N3O6. The van der Waals surface area contributed by atoms with Crippen LogP contribution in [0.5, 0.6) is 0 Å². The van der Waals surface area contributed by atoms with Gasteiger partial charge in [-0.05, 0) is 71.6 Å². The lowest BCUT2D eigenvalue weighted by Gasteiger charge is -2.34. The molecule has 3 amide bonds. The summed E-state index contributed by atoms with van der Waals surface area (Å²) in [6.45, 7) is 15.3. The summed E-state index contributed by atoms with van der Waals surface area (Å²) in [5, 5.41) is 5.47. The number of carbonyl (C=O) groups excluding carboxylic acids is 4. The van der Waals surface area contributed by atoms with Crippen LogP contribution in [0.2, 0.25) is 0 Å². The van der Waals surface area contributed by atoms with Gasteiger partial charge < -0.3 is 25.0 Å². The van der Waals surface area contributed by atoms with Crippen molar-refractivity contribution in [1.29, 1.82) is 0 Å². The number of amides is 3. The molecule has 1 aromatic rings. The predicted octanol–water partition coefficient (Wildman–Crippen LogP) is 5.52. The fourth-order valence-corrected chi connectivity index (χ4v) is 4.36. The summed E-state index contributed by atoms with van der Waals surface area (Å²) >= 11 is 0. The van der Waals surface area contributed by atoms with E-state index in [0.29, 0.717) is 18.5 Å². The van der Waals surface area contributed by atoms with E-state index in [2.05, 4.69) is 17.6 Å². The Morgan fingerprint density at radius 3 is 2.25 bits per heavy atom. The summed E-state index contributed by atoms with van der Waals surface area (Å²) in [4.78, 5) is 53.5. The van der Waals surface area contributed by atoms with Crippen LogP contribution in [0, 0.1) is 13.8 Å². The van der Waals surface area contributed by atoms with Crippen molar-refractivity contribution >= 4 is 23.9 Å². The van der Waals surface area contributed by atoms with Gasteiger partial charge in [0.25, 0.3) is 0 Å². The number of benzene rings is 1. The largest absolute Gasteiger partial charge is 0.466 e. The maximum absolute atomic E-state index is 13.9. The third-order valence-corrected chi connectivity index (χ3v) is 6.57. The van der Waals surface area contributed by atoms with Crippen molar-refractivity contribution in [2.75, 3.05) is 19.7 Å². The van der Waals surface area contributed by atoms with Crippen molar-refractivity contribution in [2.45, 2.75) is 118 Å². The molecule has 2 unspecified atom stereocenters. The van der Waals surface area contributed by atoms with Crippen molar-refractivity contribution in [3.63, 3.8) is 0 Å². The zero-order valence-corrected chi connectivity index (χ0v) is 25.9. The standard InChI is InChI=1S/C31H51N3O6/c1-9-11-12-13-14-15-21-34(29(37)24(5)33-30(38)40-31(6,7)8)27(25-18-16-17-22(3)23(25)4)28(36)32-20-19-26(35)39-10-2/h16-18,24,27H,9-15,19-21H2,1-8H3,(H,32,36)(H,33,38). The van der Waals surface area contributed by atoms with Gasteiger partial charge in [-0.25, -0.2) is 4.79 Å². The van der Waals surface area contributed by atoms with Crippen LogP contribution in [0.15, 0.2) is 18.2 Å². The molecule has 0 fully saturated rings. The minimum absolute atomic E-state index is 0.0288. The Balaban J connectivity index is 3.32. The van der Waals surface area contributed by atoms with Gasteiger partial charge in [0, 0.05) is 13.1 Å². The molecule has 0 saturated carbocycles. The normalized spacial score (nSPS) is 12.7. The van der Waals surface area contributed by atoms with E-state index >= 15 is 0 Å². The predicted molar refractivity (Wildman–Crippen MR) is 157 cm³/mol. The Morgan fingerprint density at radius 2 is 1.62 bits per heavy atom. The number of hydrogen-bond donors (Lipinski definition) is 2. The van der Waals surface area contributed by atoms with E-state index in [4.69, 9.17) is 9.47 Å². The second-order valence-electron chi connectivity index (χ2n) is 11.2. The van der Waals surface area contributed by atoms with Crippen molar-refractivity contribution in [3.05, 3.63) is 34.9 Å². The number of rotatable bonds is 16. The van der Waals surface area contributed by atoms with Crippen LogP contribution in [0.1, 0.15) is 109 Å². The quantitative estimate of drug-likeness (QED) is 0.203. The summed E-state index contributed by atoms with van der Waals surface area (Å²) in [6, 6.07) is 3.82. The summed E-state index contributed by atoms with van der Waals surface area (Å²) in [5.74, 6) is -1.17. The maximum Gasteiger partial charge on any atom is 0.408 e. The van der Waals surface area contributed by atoms with Crippen molar-refractivity contribution in [2.24, 2.45) is 0 Å². The minimum atomic E-state index is -0.937. The number of nitrogens with one attached hydrogen (secondary N) is 2. The van der Waals surface area contributed by atoms with Gasteiger partial charge in [-0.3, -0.25) is 14.4 Å². The molecular weight excluding hydrogens is 510 g/mol. The molecule has 0 radical (unpaired) electrons. The van der Waals surface area contributed by atoms with E-state index in [1.807, 2.05) is 32.0 Å². The molecule has 2 N–H and O–H groups in total. The highest BCUT2D eigenvalue weighted by Crippen LogP contribution is 2.28. The molecule has 0 aromatic heterocycles. The minimum Gasteiger partial charge on any atom is -0.466 e. The molecule has 0 heterocycles. The molecule has 0 spiro atoms. The van der Waals surface area contributed by atoms with Gasteiger partial charge in [0.15, 0.2) is 0 Å². The van der Waals surface area contributed by atoms with Gasteiger partial charge in [-0.15, -0.1) is 0 Å². The van der Waals surface area contributed by atoms with Crippen molar-refractivity contribution in [1.82, 2.24) is 15.5 Å². The molecule has 0 bridgehead atoms. The lowest BCUT2D eigenvalue weighted by atomic mass is 9.94. The Bertz CT molecular complexity index is 972. The van der Waals surface area contributed by atoms with Gasteiger partial charge in [0.1, 0.15) is 17.7 Å². The van der Waals surface area contributed by atoms with E-state index in [9.17, 15) is 19.2 Å². The van der Waals surface area contributed by atoms with Crippen LogP contribution in [-0.4, -0.2) is 60.1 Å². The number of hydrogen-bond acceptors (Lipinski definition) is 6. The fraction of sp³-hybridized carbons (Fsp3) is 0.677. The van der Waals surface area contributed by atoms with E-state index in [1.165, 1.54) is 0 Å². The Morgan fingerprint density at radius 1 is 0.975 bits per heavy atom. The number of carbonyl (C=O) groups is 4. The first-order valence-corrected chi connectivity index (χ1v) is 14.6. The Kier molecular flexibility index (Phi) is 15.3. The molecule has 0 aliphatic rings. The lowest BCUT2D eigenvalue weighted by molar-refractivity contribution is -0.144. The molecule has 0 aliphatic carbocycles. The average Bonchev–Trinajstić information content (AvgIpc) is 2.86. The zero-order valence-electron chi connectivity index (χ0n) is 25.9. The molecule has 2 atom stereocenters. The van der Waals surface area contributed by atoms with Gasteiger partial charge in [-0.2, -0.15) is 0 Å². The fourth-order valence-electron chi connectivity index (χ4n) is 4.36. The second-order valence-corrected chi connectivity index (χ2v) is 11.2. The number of esters is 1. The highest BCUT2D eigenvalue weighted by atomic mass is 16.6. The van der Waals surface area contributed by atoms with Crippen LogP contribution < -0.4 is 10.6 Å². The Labute approximate surface area is 240 Å². The zero-order chi connectivity index (χ0) is 30.3. The van der Waals surface area contributed by atoms with Gasteiger partial charge >= 0.3 is 12.1 Å². The third-order valence-electron chi connectivity index (χ3n) is 6.57. The molecule has 9 nitrogen and oxygen atoms in total. The topological polar surface area (TPSA) is 114 Å². The number of aryl methyl sites for hydroxylation is 1. The summed E-state index contributed by atoms with van der Waals surface area (Å²) in [7, 11) is 0. The molecule has 0 saturated heterocycles. The van der Waals surface area contributed by atoms with E-state index < -0.39 is 29.7 Å². The molecule has 1 rings (SSSR count). The van der Waals surface area contributed by atoms with Crippen LogP contribution in [0.3, 0.4) is 0 Å². The molecule has 0 aliphatic heterocycles. The van der Waals surface area contributed by atoms with Crippen LogP contribution in [0.4, 0.5) is 4.79 Å². The first-order chi connectivity index (χ1) is 18.8. The van der Waals surface area contributed by atoms with E-state index in [1.54, 1.807) is 39.5 Å². The van der Waals surface area contributed by atoms with E-state index in [-0.39, 0.29) is 31.4 Å². The third kappa shape index (κ3) is 12.4. The van der Waals surface area contributed by atoms with Gasteiger partial charge in [0.2, 0.25) is 11.8 Å². The average molecular weight is 562 g/mol. The highest BCUT2D eigenvalue weighted by molar-refractivity contribution is 5.92. The summed E-state index contributed by atoms with van der Waals surface area (Å²) in [5.41, 5.74) is 1.89. The van der Waals surface area contributed by atoms with Gasteiger partial charge in [0.05, 0.1) is 13.0 Å². The number of unbranched alkanes of at least 4 members (excludes halogenated alkanes) is 5.